The normalized spacial score (nSPS) is 25.7. The smallest absolute Gasteiger partial charge is 0.0587 e. The lowest BCUT2D eigenvalue weighted by Crippen LogP contribution is -2.05. The summed E-state index contributed by atoms with van der Waals surface area (Å²) in [6, 6.07) is 6.52. The van der Waals surface area contributed by atoms with E-state index in [-0.39, 0.29) is 0 Å². The summed E-state index contributed by atoms with van der Waals surface area (Å²) in [6.07, 6.45) is 1.26. The van der Waals surface area contributed by atoms with Gasteiger partial charge in [-0.25, -0.2) is 0 Å². The van der Waals surface area contributed by atoms with Crippen LogP contribution >= 0.6 is 15.9 Å². The number of hydrogen-bond acceptors (Lipinski definition) is 2. The van der Waals surface area contributed by atoms with Crippen LogP contribution in [0.3, 0.4) is 0 Å². The summed E-state index contributed by atoms with van der Waals surface area (Å²) in [5.41, 5.74) is 7.69. The zero-order valence-electron chi connectivity index (χ0n) is 7.55. The minimum Gasteiger partial charge on any atom is -0.397 e. The summed E-state index contributed by atoms with van der Waals surface area (Å²) in [5.74, 6) is 0.790. The number of nitrogens with one attached hydrogen (secondary N) is 1. The molecule has 1 aromatic rings. The van der Waals surface area contributed by atoms with Gasteiger partial charge >= 0.3 is 0 Å². The van der Waals surface area contributed by atoms with E-state index in [0.29, 0.717) is 6.04 Å². The van der Waals surface area contributed by atoms with Crippen LogP contribution in [-0.4, -0.2) is 6.04 Å². The number of anilines is 2. The van der Waals surface area contributed by atoms with E-state index in [0.717, 1.165) is 21.8 Å². The van der Waals surface area contributed by atoms with Crippen molar-refractivity contribution in [2.24, 2.45) is 5.92 Å². The Kier molecular flexibility index (Phi) is 2.20. The van der Waals surface area contributed by atoms with Crippen LogP contribution in [0.1, 0.15) is 13.3 Å². The predicted octanol–water partition coefficient (Wildman–Crippen LogP) is 2.85. The number of nitrogen functional groups attached to an aromatic ring is 1. The maximum absolute atomic E-state index is 5.83. The van der Waals surface area contributed by atoms with E-state index in [1.807, 2.05) is 18.2 Å². The van der Waals surface area contributed by atoms with Gasteiger partial charge in [0.2, 0.25) is 0 Å². The highest BCUT2D eigenvalue weighted by atomic mass is 79.9. The van der Waals surface area contributed by atoms with E-state index in [1.165, 1.54) is 6.42 Å². The lowest BCUT2D eigenvalue weighted by atomic mass is 10.2. The molecule has 3 N–H and O–H groups in total. The third-order valence-corrected chi connectivity index (χ3v) is 2.96. The number of benzene rings is 1. The molecule has 1 aliphatic carbocycles. The molecule has 0 aliphatic heterocycles. The number of nitrogens with two attached hydrogens (primary N) is 1. The fraction of sp³-hybridized carbons (Fsp3) is 0.400. The maximum atomic E-state index is 5.83. The Morgan fingerprint density at radius 1 is 1.54 bits per heavy atom. The summed E-state index contributed by atoms with van der Waals surface area (Å²) in [7, 11) is 0. The molecule has 2 unspecified atom stereocenters. The lowest BCUT2D eigenvalue weighted by Gasteiger charge is -2.08. The van der Waals surface area contributed by atoms with Crippen molar-refractivity contribution < 1.29 is 0 Å². The Balaban J connectivity index is 2.14. The monoisotopic (exact) mass is 240 g/mol. The molecule has 2 atom stereocenters. The predicted molar refractivity (Wildman–Crippen MR) is 59.7 cm³/mol. The van der Waals surface area contributed by atoms with Crippen molar-refractivity contribution in [1.29, 1.82) is 0 Å². The van der Waals surface area contributed by atoms with Crippen molar-refractivity contribution >= 4 is 27.3 Å². The van der Waals surface area contributed by atoms with Gasteiger partial charge in [-0.1, -0.05) is 22.9 Å². The molecule has 1 saturated carbocycles. The molecule has 0 amide bonds. The Morgan fingerprint density at radius 3 is 2.85 bits per heavy atom. The quantitative estimate of drug-likeness (QED) is 0.781. The highest BCUT2D eigenvalue weighted by Gasteiger charge is 2.32. The van der Waals surface area contributed by atoms with E-state index in [2.05, 4.69) is 28.2 Å². The summed E-state index contributed by atoms with van der Waals surface area (Å²) < 4.78 is 1.07. The molecular weight excluding hydrogens is 228 g/mol. The zero-order chi connectivity index (χ0) is 9.42. The second-order valence-corrected chi connectivity index (χ2v) is 4.61. The van der Waals surface area contributed by atoms with Gasteiger partial charge in [-0.05, 0) is 30.5 Å². The Bertz CT molecular complexity index is 325. The standard InChI is InChI=1S/C10H13BrN2/c1-6-4-9(6)13-10-5-7(11)2-3-8(10)12/h2-3,5-6,9,13H,4,12H2,1H3. The third kappa shape index (κ3) is 1.97. The molecule has 0 bridgehead atoms. The van der Waals surface area contributed by atoms with Crippen LogP contribution in [0, 0.1) is 5.92 Å². The van der Waals surface area contributed by atoms with Gasteiger partial charge in [0, 0.05) is 10.5 Å². The molecule has 13 heavy (non-hydrogen) atoms. The number of hydrogen-bond donors (Lipinski definition) is 2. The molecule has 3 heteroatoms. The minimum atomic E-state index is 0.622. The first-order chi connectivity index (χ1) is 6.16. The van der Waals surface area contributed by atoms with Crippen molar-refractivity contribution in [2.75, 3.05) is 11.1 Å². The fourth-order valence-corrected chi connectivity index (χ4v) is 1.74. The first kappa shape index (κ1) is 8.88. The molecule has 2 rings (SSSR count). The van der Waals surface area contributed by atoms with Crippen LogP contribution in [0.4, 0.5) is 11.4 Å². The van der Waals surface area contributed by atoms with E-state index in [4.69, 9.17) is 5.73 Å². The summed E-state index contributed by atoms with van der Waals surface area (Å²) in [5, 5.41) is 3.42. The topological polar surface area (TPSA) is 38.0 Å². The second kappa shape index (κ2) is 3.22. The van der Waals surface area contributed by atoms with Crippen LogP contribution in [0.15, 0.2) is 22.7 Å². The highest BCUT2D eigenvalue weighted by molar-refractivity contribution is 9.10. The Labute approximate surface area is 86.6 Å². The van der Waals surface area contributed by atoms with Gasteiger partial charge in [0.1, 0.15) is 0 Å². The first-order valence-corrected chi connectivity index (χ1v) is 5.27. The van der Waals surface area contributed by atoms with Crippen molar-refractivity contribution in [1.82, 2.24) is 0 Å². The van der Waals surface area contributed by atoms with E-state index >= 15 is 0 Å². The maximum Gasteiger partial charge on any atom is 0.0587 e. The Morgan fingerprint density at radius 2 is 2.23 bits per heavy atom. The van der Waals surface area contributed by atoms with Gasteiger partial charge in [-0.3, -0.25) is 0 Å². The van der Waals surface area contributed by atoms with E-state index < -0.39 is 0 Å². The van der Waals surface area contributed by atoms with Crippen molar-refractivity contribution in [2.45, 2.75) is 19.4 Å². The average Bonchev–Trinajstić information content (AvgIpc) is 2.75. The molecule has 1 aliphatic rings. The third-order valence-electron chi connectivity index (χ3n) is 2.47. The van der Waals surface area contributed by atoms with Gasteiger partial charge in [0.15, 0.2) is 0 Å². The molecule has 0 saturated heterocycles. The average molecular weight is 241 g/mol. The van der Waals surface area contributed by atoms with Crippen LogP contribution in [0.5, 0.6) is 0 Å². The largest absolute Gasteiger partial charge is 0.397 e. The minimum absolute atomic E-state index is 0.622. The molecule has 2 nitrogen and oxygen atoms in total. The van der Waals surface area contributed by atoms with Crippen molar-refractivity contribution in [3.63, 3.8) is 0 Å². The number of halogens is 1. The molecular formula is C10H13BrN2. The molecule has 70 valence electrons. The molecule has 1 aromatic carbocycles. The van der Waals surface area contributed by atoms with Crippen LogP contribution in [0.2, 0.25) is 0 Å². The van der Waals surface area contributed by atoms with Crippen molar-refractivity contribution in [3.05, 3.63) is 22.7 Å². The highest BCUT2D eigenvalue weighted by Crippen LogP contribution is 2.35. The van der Waals surface area contributed by atoms with Crippen LogP contribution in [-0.2, 0) is 0 Å². The van der Waals surface area contributed by atoms with Crippen molar-refractivity contribution in [3.8, 4) is 0 Å². The molecule has 0 aromatic heterocycles. The summed E-state index contributed by atoms with van der Waals surface area (Å²) >= 11 is 3.43. The molecule has 0 heterocycles. The molecule has 1 fully saturated rings. The van der Waals surface area contributed by atoms with Gasteiger partial charge in [-0.2, -0.15) is 0 Å². The van der Waals surface area contributed by atoms with Gasteiger partial charge in [-0.15, -0.1) is 0 Å². The van der Waals surface area contributed by atoms with E-state index in [1.54, 1.807) is 0 Å². The molecule has 0 spiro atoms. The van der Waals surface area contributed by atoms with Crippen LogP contribution in [0.25, 0.3) is 0 Å². The fourth-order valence-electron chi connectivity index (χ4n) is 1.38. The summed E-state index contributed by atoms with van der Waals surface area (Å²) in [6.45, 7) is 2.24. The van der Waals surface area contributed by atoms with Crippen LogP contribution < -0.4 is 11.1 Å². The lowest BCUT2D eigenvalue weighted by molar-refractivity contribution is 0.929. The van der Waals surface area contributed by atoms with Gasteiger partial charge in [0.05, 0.1) is 11.4 Å². The number of rotatable bonds is 2. The Hall–Kier alpha value is -0.700. The SMILES string of the molecule is CC1CC1Nc1cc(Br)ccc1N. The van der Waals surface area contributed by atoms with Gasteiger partial charge < -0.3 is 11.1 Å². The van der Waals surface area contributed by atoms with E-state index in [9.17, 15) is 0 Å². The molecule has 0 radical (unpaired) electrons. The summed E-state index contributed by atoms with van der Waals surface area (Å²) in [4.78, 5) is 0. The first-order valence-electron chi connectivity index (χ1n) is 4.48. The van der Waals surface area contributed by atoms with Gasteiger partial charge in [0.25, 0.3) is 0 Å². The second-order valence-electron chi connectivity index (χ2n) is 3.70. The zero-order valence-corrected chi connectivity index (χ0v) is 9.14.